The summed E-state index contributed by atoms with van der Waals surface area (Å²) >= 11 is 3.37. The van der Waals surface area contributed by atoms with Gasteiger partial charge in [-0.05, 0) is 41.3 Å². The number of carbonyl (C=O) groups is 1. The number of aromatic nitrogens is 2. The zero-order valence-corrected chi connectivity index (χ0v) is 17.2. The van der Waals surface area contributed by atoms with Gasteiger partial charge in [0.25, 0.3) is 5.56 Å². The predicted octanol–water partition coefficient (Wildman–Crippen LogP) is 4.49. The molecule has 3 rings (SSSR count). The van der Waals surface area contributed by atoms with Gasteiger partial charge >= 0.3 is 0 Å². The number of anilines is 1. The van der Waals surface area contributed by atoms with Crippen LogP contribution in [0.5, 0.6) is 0 Å². The molecule has 1 N–H and O–H groups in total. The molecule has 0 saturated heterocycles. The fourth-order valence-corrected chi connectivity index (χ4v) is 3.15. The molecule has 1 aromatic heterocycles. The first-order valence-electron chi connectivity index (χ1n) is 8.79. The van der Waals surface area contributed by atoms with Gasteiger partial charge in [-0.25, -0.2) is 4.98 Å². The van der Waals surface area contributed by atoms with E-state index >= 15 is 0 Å². The van der Waals surface area contributed by atoms with Crippen LogP contribution in [0.3, 0.4) is 0 Å². The summed E-state index contributed by atoms with van der Waals surface area (Å²) in [5, 5.41) is 3.41. The summed E-state index contributed by atoms with van der Waals surface area (Å²) in [5.74, 6) is -0.139. The first-order valence-corrected chi connectivity index (χ1v) is 9.58. The first-order chi connectivity index (χ1) is 12.7. The van der Waals surface area contributed by atoms with Crippen molar-refractivity contribution >= 4 is 38.4 Å². The molecule has 0 fully saturated rings. The number of hydrogen-bond donors (Lipinski definition) is 1. The van der Waals surface area contributed by atoms with Crippen LogP contribution >= 0.6 is 15.9 Å². The Balaban J connectivity index is 1.66. The quantitative estimate of drug-likeness (QED) is 0.666. The monoisotopic (exact) mass is 427 g/mol. The Bertz CT molecular complexity index is 1030. The van der Waals surface area contributed by atoms with Gasteiger partial charge in [0.05, 0.1) is 17.2 Å². The SMILES string of the molecule is CC(C)(C)c1ccc(NC(=O)CCn2cnc3ccc(Br)cc3c2=O)cc1. The summed E-state index contributed by atoms with van der Waals surface area (Å²) in [6.45, 7) is 6.72. The Labute approximate surface area is 166 Å². The summed E-state index contributed by atoms with van der Waals surface area (Å²) in [7, 11) is 0. The lowest BCUT2D eigenvalue weighted by atomic mass is 9.87. The average Bonchev–Trinajstić information content (AvgIpc) is 2.61. The fraction of sp³-hybridized carbons (Fsp3) is 0.286. The minimum atomic E-state index is -0.149. The summed E-state index contributed by atoms with van der Waals surface area (Å²) in [4.78, 5) is 29.1. The lowest BCUT2D eigenvalue weighted by Crippen LogP contribution is -2.23. The zero-order chi connectivity index (χ0) is 19.6. The number of hydrogen-bond acceptors (Lipinski definition) is 3. The molecular weight excluding hydrogens is 406 g/mol. The maximum atomic E-state index is 12.6. The number of aryl methyl sites for hydroxylation is 1. The second-order valence-electron chi connectivity index (χ2n) is 7.53. The summed E-state index contributed by atoms with van der Waals surface area (Å²) in [6.07, 6.45) is 1.69. The van der Waals surface area contributed by atoms with Crippen LogP contribution < -0.4 is 10.9 Å². The molecule has 0 bridgehead atoms. The molecular formula is C21H22BrN3O2. The van der Waals surface area contributed by atoms with Crippen LogP contribution in [0.1, 0.15) is 32.8 Å². The molecule has 0 atom stereocenters. The average molecular weight is 428 g/mol. The maximum Gasteiger partial charge on any atom is 0.261 e. The van der Waals surface area contributed by atoms with Crippen molar-refractivity contribution in [2.45, 2.75) is 39.2 Å². The number of amides is 1. The van der Waals surface area contributed by atoms with Crippen LogP contribution in [0.2, 0.25) is 0 Å². The number of benzene rings is 2. The highest BCUT2D eigenvalue weighted by atomic mass is 79.9. The van der Waals surface area contributed by atoms with Gasteiger partial charge in [0, 0.05) is 23.1 Å². The molecule has 0 spiro atoms. The molecule has 27 heavy (non-hydrogen) atoms. The van der Waals surface area contributed by atoms with Crippen molar-refractivity contribution in [1.82, 2.24) is 9.55 Å². The zero-order valence-electron chi connectivity index (χ0n) is 15.6. The third-order valence-corrected chi connectivity index (χ3v) is 4.89. The topological polar surface area (TPSA) is 64.0 Å². The van der Waals surface area contributed by atoms with Crippen molar-refractivity contribution in [2.75, 3.05) is 5.32 Å². The molecule has 0 aliphatic heterocycles. The standard InChI is InChI=1S/C21H22BrN3O2/c1-21(2,3)14-4-7-16(8-5-14)24-19(26)10-11-25-13-23-18-9-6-15(22)12-17(18)20(25)27/h4-9,12-13H,10-11H2,1-3H3,(H,24,26). The number of nitrogens with one attached hydrogen (secondary N) is 1. The molecule has 0 saturated carbocycles. The van der Waals surface area contributed by atoms with Crippen molar-refractivity contribution in [3.05, 3.63) is 69.2 Å². The van der Waals surface area contributed by atoms with Crippen molar-refractivity contribution in [2.24, 2.45) is 0 Å². The molecule has 140 valence electrons. The molecule has 1 heterocycles. The Kier molecular flexibility index (Phi) is 5.46. The number of fused-ring (bicyclic) bond motifs is 1. The van der Waals surface area contributed by atoms with Gasteiger partial charge in [-0.3, -0.25) is 14.2 Å². The van der Waals surface area contributed by atoms with Crippen molar-refractivity contribution in [1.29, 1.82) is 0 Å². The smallest absolute Gasteiger partial charge is 0.261 e. The van der Waals surface area contributed by atoms with Gasteiger partial charge in [0.15, 0.2) is 0 Å². The Morgan fingerprint density at radius 1 is 1.15 bits per heavy atom. The molecule has 1 amide bonds. The van der Waals surface area contributed by atoms with Crippen LogP contribution in [0.25, 0.3) is 10.9 Å². The van der Waals surface area contributed by atoms with Gasteiger partial charge < -0.3 is 5.32 Å². The Morgan fingerprint density at radius 2 is 1.85 bits per heavy atom. The van der Waals surface area contributed by atoms with E-state index in [1.807, 2.05) is 30.3 Å². The van der Waals surface area contributed by atoms with E-state index in [4.69, 9.17) is 0 Å². The minimum absolute atomic E-state index is 0.0712. The Morgan fingerprint density at radius 3 is 2.52 bits per heavy atom. The van der Waals surface area contributed by atoms with Crippen LogP contribution in [0, 0.1) is 0 Å². The van der Waals surface area contributed by atoms with Crippen LogP contribution in [-0.2, 0) is 16.8 Å². The summed E-state index contributed by atoms with van der Waals surface area (Å²) < 4.78 is 2.29. The van der Waals surface area contributed by atoms with E-state index in [1.54, 1.807) is 12.1 Å². The maximum absolute atomic E-state index is 12.6. The molecule has 0 unspecified atom stereocenters. The lowest BCUT2D eigenvalue weighted by molar-refractivity contribution is -0.116. The number of halogens is 1. The second kappa shape index (κ2) is 7.64. The highest BCUT2D eigenvalue weighted by Crippen LogP contribution is 2.23. The van der Waals surface area contributed by atoms with Crippen molar-refractivity contribution in [3.8, 4) is 0 Å². The predicted molar refractivity (Wildman–Crippen MR) is 112 cm³/mol. The van der Waals surface area contributed by atoms with Crippen molar-refractivity contribution in [3.63, 3.8) is 0 Å². The van der Waals surface area contributed by atoms with Gasteiger partial charge in [0.1, 0.15) is 0 Å². The normalized spacial score (nSPS) is 11.6. The second-order valence-corrected chi connectivity index (χ2v) is 8.45. The van der Waals surface area contributed by atoms with Crippen molar-refractivity contribution < 1.29 is 4.79 Å². The van der Waals surface area contributed by atoms with E-state index in [9.17, 15) is 9.59 Å². The van der Waals surface area contributed by atoms with Crippen LogP contribution in [0.15, 0.2) is 58.1 Å². The van der Waals surface area contributed by atoms with Gasteiger partial charge in [-0.2, -0.15) is 0 Å². The van der Waals surface area contributed by atoms with Gasteiger partial charge in [-0.15, -0.1) is 0 Å². The Hall–Kier alpha value is -2.47. The number of rotatable bonds is 4. The van der Waals surface area contributed by atoms with E-state index in [-0.39, 0.29) is 29.8 Å². The minimum Gasteiger partial charge on any atom is -0.326 e. The largest absolute Gasteiger partial charge is 0.326 e. The van der Waals surface area contributed by atoms with Crippen LogP contribution in [0.4, 0.5) is 5.69 Å². The van der Waals surface area contributed by atoms with Crippen LogP contribution in [-0.4, -0.2) is 15.5 Å². The van der Waals surface area contributed by atoms with E-state index in [2.05, 4.69) is 47.0 Å². The molecule has 6 heteroatoms. The third kappa shape index (κ3) is 4.63. The molecule has 0 aliphatic carbocycles. The van der Waals surface area contributed by atoms with Gasteiger partial charge in [-0.1, -0.05) is 48.8 Å². The van der Waals surface area contributed by atoms with E-state index in [0.29, 0.717) is 10.9 Å². The molecule has 5 nitrogen and oxygen atoms in total. The van der Waals surface area contributed by atoms with E-state index in [1.165, 1.54) is 16.5 Å². The molecule has 0 aliphatic rings. The van der Waals surface area contributed by atoms with Gasteiger partial charge in [0.2, 0.25) is 5.91 Å². The van der Waals surface area contributed by atoms with E-state index < -0.39 is 0 Å². The first kappa shape index (κ1) is 19.3. The lowest BCUT2D eigenvalue weighted by Gasteiger charge is -2.19. The molecule has 2 aromatic carbocycles. The third-order valence-electron chi connectivity index (χ3n) is 4.40. The highest BCUT2D eigenvalue weighted by molar-refractivity contribution is 9.10. The summed E-state index contributed by atoms with van der Waals surface area (Å²) in [6, 6.07) is 13.2. The van der Waals surface area contributed by atoms with E-state index in [0.717, 1.165) is 10.2 Å². The number of carbonyl (C=O) groups excluding carboxylic acids is 1. The fourth-order valence-electron chi connectivity index (χ4n) is 2.79. The number of nitrogens with zero attached hydrogens (tertiary/aromatic N) is 2. The highest BCUT2D eigenvalue weighted by Gasteiger charge is 2.13. The molecule has 3 aromatic rings. The molecule has 0 radical (unpaired) electrons. The summed E-state index contributed by atoms with van der Waals surface area (Å²) in [5.41, 5.74) is 2.52.